The van der Waals surface area contributed by atoms with Crippen LogP contribution in [0.5, 0.6) is 0 Å². The Hall–Kier alpha value is -1.38. The molecule has 0 aliphatic carbocycles. The molecule has 0 unspecified atom stereocenters. The first-order chi connectivity index (χ1) is 7.26. The van der Waals surface area contributed by atoms with Crippen LogP contribution in [-0.2, 0) is 11.3 Å². The molecule has 15 heavy (non-hydrogen) atoms. The Bertz CT molecular complexity index is 367. The first-order valence-electron chi connectivity index (χ1n) is 4.72. The summed E-state index contributed by atoms with van der Waals surface area (Å²) in [6, 6.07) is 5.76. The number of hydrogen-bond acceptors (Lipinski definition) is 4. The summed E-state index contributed by atoms with van der Waals surface area (Å²) in [7, 11) is 0. The van der Waals surface area contributed by atoms with Crippen LogP contribution in [0, 0.1) is 11.3 Å². The monoisotopic (exact) mass is 223 g/mol. The highest BCUT2D eigenvalue weighted by Crippen LogP contribution is 2.14. The zero-order chi connectivity index (χ0) is 11.1. The van der Waals surface area contributed by atoms with Crippen molar-refractivity contribution in [1.82, 2.24) is 10.6 Å². The van der Waals surface area contributed by atoms with Gasteiger partial charge in [0.05, 0.1) is 6.54 Å². The lowest BCUT2D eigenvalue weighted by Crippen LogP contribution is -2.33. The van der Waals surface area contributed by atoms with Gasteiger partial charge < -0.3 is 10.6 Å². The highest BCUT2D eigenvalue weighted by molar-refractivity contribution is 7.12. The minimum absolute atomic E-state index is 0.00503. The molecule has 1 amide bonds. The Labute approximate surface area is 92.9 Å². The zero-order valence-corrected chi connectivity index (χ0v) is 9.36. The van der Waals surface area contributed by atoms with E-state index in [-0.39, 0.29) is 5.91 Å². The molecule has 0 bridgehead atoms. The predicted octanol–water partition coefficient (Wildman–Crippen LogP) is 0.845. The molecular weight excluding hydrogens is 210 g/mol. The number of amides is 1. The maximum absolute atomic E-state index is 11.1. The third-order valence-corrected chi connectivity index (χ3v) is 2.72. The summed E-state index contributed by atoms with van der Waals surface area (Å²) in [6.45, 7) is 3.48. The summed E-state index contributed by atoms with van der Waals surface area (Å²) in [4.78, 5) is 12.8. The molecule has 1 aromatic heterocycles. The Morgan fingerprint density at radius 1 is 1.60 bits per heavy atom. The van der Waals surface area contributed by atoms with E-state index in [1.54, 1.807) is 6.07 Å². The molecule has 0 radical (unpaired) electrons. The van der Waals surface area contributed by atoms with Crippen LogP contribution in [0.25, 0.3) is 0 Å². The standard InChI is InChI=1S/C10H13N3OS/c1-2-13-10(14)7-12-6-9-4-3-8(5-11)15-9/h3-4,12H,2,6-7H2,1H3,(H,13,14). The van der Waals surface area contributed by atoms with Gasteiger partial charge in [0.1, 0.15) is 10.9 Å². The molecule has 0 atom stereocenters. The van der Waals surface area contributed by atoms with Crippen LogP contribution in [0.1, 0.15) is 16.7 Å². The van der Waals surface area contributed by atoms with Gasteiger partial charge >= 0.3 is 0 Å². The van der Waals surface area contributed by atoms with E-state index >= 15 is 0 Å². The van der Waals surface area contributed by atoms with Crippen LogP contribution in [-0.4, -0.2) is 19.0 Å². The predicted molar refractivity (Wildman–Crippen MR) is 59.4 cm³/mol. The van der Waals surface area contributed by atoms with Gasteiger partial charge in [-0.15, -0.1) is 11.3 Å². The highest BCUT2D eigenvalue weighted by Gasteiger charge is 2.01. The summed E-state index contributed by atoms with van der Waals surface area (Å²) < 4.78 is 0. The fraction of sp³-hybridized carbons (Fsp3) is 0.400. The maximum Gasteiger partial charge on any atom is 0.233 e. The molecule has 0 saturated heterocycles. The number of nitriles is 1. The second kappa shape index (κ2) is 6.17. The molecular formula is C10H13N3OS. The second-order valence-electron chi connectivity index (χ2n) is 2.93. The molecule has 0 fully saturated rings. The fourth-order valence-corrected chi connectivity index (χ4v) is 1.87. The van der Waals surface area contributed by atoms with E-state index < -0.39 is 0 Å². The normalized spacial score (nSPS) is 9.60. The summed E-state index contributed by atoms with van der Waals surface area (Å²) in [5.74, 6) is -0.00503. The Morgan fingerprint density at radius 2 is 2.40 bits per heavy atom. The molecule has 0 spiro atoms. The third-order valence-electron chi connectivity index (χ3n) is 1.73. The Kier molecular flexibility index (Phi) is 4.81. The van der Waals surface area contributed by atoms with Crippen molar-refractivity contribution in [3.63, 3.8) is 0 Å². The van der Waals surface area contributed by atoms with Gasteiger partial charge in [-0.05, 0) is 19.1 Å². The molecule has 2 N–H and O–H groups in total. The molecule has 1 rings (SSSR count). The van der Waals surface area contributed by atoms with Crippen molar-refractivity contribution in [2.45, 2.75) is 13.5 Å². The number of likely N-dealkylation sites (N-methyl/N-ethyl adjacent to an activating group) is 1. The first kappa shape index (κ1) is 11.7. The molecule has 5 heteroatoms. The van der Waals surface area contributed by atoms with Crippen molar-refractivity contribution >= 4 is 17.2 Å². The van der Waals surface area contributed by atoms with Crippen molar-refractivity contribution in [3.05, 3.63) is 21.9 Å². The van der Waals surface area contributed by atoms with Crippen LogP contribution >= 0.6 is 11.3 Å². The van der Waals surface area contributed by atoms with Crippen molar-refractivity contribution in [1.29, 1.82) is 5.26 Å². The summed E-state index contributed by atoms with van der Waals surface area (Å²) in [6.07, 6.45) is 0. The lowest BCUT2D eigenvalue weighted by atomic mass is 10.4. The van der Waals surface area contributed by atoms with Gasteiger partial charge in [-0.25, -0.2) is 0 Å². The number of carbonyl (C=O) groups excluding carboxylic acids is 1. The van der Waals surface area contributed by atoms with Crippen LogP contribution in [0.4, 0.5) is 0 Å². The molecule has 0 saturated carbocycles. The molecule has 0 aliphatic heterocycles. The van der Waals surface area contributed by atoms with Crippen molar-refractivity contribution < 1.29 is 4.79 Å². The van der Waals surface area contributed by atoms with Gasteiger partial charge in [-0.2, -0.15) is 5.26 Å². The van der Waals surface area contributed by atoms with Gasteiger partial charge in [-0.3, -0.25) is 4.79 Å². The quantitative estimate of drug-likeness (QED) is 0.777. The first-order valence-corrected chi connectivity index (χ1v) is 5.54. The number of carbonyl (C=O) groups is 1. The van der Waals surface area contributed by atoms with Gasteiger partial charge in [0.25, 0.3) is 0 Å². The van der Waals surface area contributed by atoms with E-state index in [9.17, 15) is 4.79 Å². The minimum Gasteiger partial charge on any atom is -0.355 e. The van der Waals surface area contributed by atoms with Gasteiger partial charge in [0.15, 0.2) is 0 Å². The van der Waals surface area contributed by atoms with Crippen molar-refractivity contribution in [2.24, 2.45) is 0 Å². The smallest absolute Gasteiger partial charge is 0.233 e. The second-order valence-corrected chi connectivity index (χ2v) is 4.10. The van der Waals surface area contributed by atoms with E-state index in [4.69, 9.17) is 5.26 Å². The van der Waals surface area contributed by atoms with Gasteiger partial charge in [0, 0.05) is 18.0 Å². The van der Waals surface area contributed by atoms with Gasteiger partial charge in [-0.1, -0.05) is 0 Å². The lowest BCUT2D eigenvalue weighted by molar-refractivity contribution is -0.120. The number of nitrogens with one attached hydrogen (secondary N) is 2. The highest BCUT2D eigenvalue weighted by atomic mass is 32.1. The summed E-state index contributed by atoms with van der Waals surface area (Å²) in [5, 5.41) is 14.3. The average Bonchev–Trinajstić information content (AvgIpc) is 2.66. The fourth-order valence-electron chi connectivity index (χ4n) is 1.09. The molecule has 1 heterocycles. The number of thiophene rings is 1. The zero-order valence-electron chi connectivity index (χ0n) is 8.54. The van der Waals surface area contributed by atoms with Crippen molar-refractivity contribution in [2.75, 3.05) is 13.1 Å². The van der Waals surface area contributed by atoms with Crippen LogP contribution in [0.2, 0.25) is 0 Å². The van der Waals surface area contributed by atoms with E-state index in [1.807, 2.05) is 13.0 Å². The molecule has 80 valence electrons. The average molecular weight is 223 g/mol. The van der Waals surface area contributed by atoms with E-state index in [2.05, 4.69) is 16.7 Å². The molecule has 4 nitrogen and oxygen atoms in total. The van der Waals surface area contributed by atoms with Crippen molar-refractivity contribution in [3.8, 4) is 6.07 Å². The van der Waals surface area contributed by atoms with Crippen LogP contribution in [0.3, 0.4) is 0 Å². The number of rotatable bonds is 5. The third kappa shape index (κ3) is 4.11. The minimum atomic E-state index is -0.00503. The van der Waals surface area contributed by atoms with Crippen LogP contribution < -0.4 is 10.6 Å². The molecule has 0 aliphatic rings. The number of nitrogens with zero attached hydrogens (tertiary/aromatic N) is 1. The maximum atomic E-state index is 11.1. The molecule has 0 aromatic carbocycles. The van der Waals surface area contributed by atoms with E-state index in [0.717, 1.165) is 4.88 Å². The van der Waals surface area contributed by atoms with E-state index in [1.165, 1.54) is 11.3 Å². The topological polar surface area (TPSA) is 64.9 Å². The SMILES string of the molecule is CCNC(=O)CNCc1ccc(C#N)s1. The van der Waals surface area contributed by atoms with Crippen LogP contribution in [0.15, 0.2) is 12.1 Å². The Balaban J connectivity index is 2.26. The largest absolute Gasteiger partial charge is 0.355 e. The van der Waals surface area contributed by atoms with Gasteiger partial charge in [0.2, 0.25) is 5.91 Å². The lowest BCUT2D eigenvalue weighted by Gasteiger charge is -2.02. The number of hydrogen-bond donors (Lipinski definition) is 2. The Morgan fingerprint density at radius 3 is 3.00 bits per heavy atom. The van der Waals surface area contributed by atoms with E-state index in [0.29, 0.717) is 24.5 Å². The summed E-state index contributed by atoms with van der Waals surface area (Å²) >= 11 is 1.44. The molecule has 1 aromatic rings. The summed E-state index contributed by atoms with van der Waals surface area (Å²) in [5.41, 5.74) is 0.